The molecule has 0 aromatic carbocycles. The van der Waals surface area contributed by atoms with E-state index in [1.165, 1.54) is 0 Å². The van der Waals surface area contributed by atoms with Gasteiger partial charge in [0.1, 0.15) is 18.1 Å². The van der Waals surface area contributed by atoms with E-state index in [9.17, 15) is 19.2 Å². The average molecular weight is 779 g/mol. The first-order chi connectivity index (χ1) is 26.4. The number of amides is 5. The number of nitrogens with one attached hydrogen (secondary N) is 4. The Hall–Kier alpha value is -2.95. The molecule has 4 N–H and O–H groups in total. The van der Waals surface area contributed by atoms with Gasteiger partial charge in [0.15, 0.2) is 0 Å². The van der Waals surface area contributed by atoms with Crippen LogP contribution in [-0.2, 0) is 24.0 Å². The number of carbonyl (C=O) groups is 5. The zero-order chi connectivity index (χ0) is 40.8. The molecule has 4 saturated carbocycles. The molecule has 11 heteroatoms. The van der Waals surface area contributed by atoms with Gasteiger partial charge in [0, 0.05) is 29.6 Å². The molecule has 0 aromatic heterocycles. The van der Waals surface area contributed by atoms with E-state index in [2.05, 4.69) is 60.4 Å². The molecule has 2 spiro atoms. The molecule has 6 rings (SSSR count). The van der Waals surface area contributed by atoms with E-state index < -0.39 is 29.6 Å². The Morgan fingerprint density at radius 1 is 0.804 bits per heavy atom. The molecule has 4 aliphatic carbocycles. The first-order valence-corrected chi connectivity index (χ1v) is 22.4. The normalized spacial score (nSPS) is 28.9. The second kappa shape index (κ2) is 16.4. The van der Waals surface area contributed by atoms with E-state index >= 15 is 4.79 Å². The summed E-state index contributed by atoms with van der Waals surface area (Å²) >= 11 is 0. The second-order valence-electron chi connectivity index (χ2n) is 20.5. The monoisotopic (exact) mass is 779 g/mol. The van der Waals surface area contributed by atoms with Crippen LogP contribution in [0, 0.1) is 27.6 Å². The van der Waals surface area contributed by atoms with Crippen LogP contribution in [0.5, 0.6) is 0 Å². The summed E-state index contributed by atoms with van der Waals surface area (Å²) < 4.78 is 0. The van der Waals surface area contributed by atoms with Gasteiger partial charge in [0.2, 0.25) is 29.5 Å². The molecule has 6 atom stereocenters. The van der Waals surface area contributed by atoms with Crippen LogP contribution in [0.1, 0.15) is 158 Å². The van der Waals surface area contributed by atoms with E-state index in [1.807, 2.05) is 27.7 Å². The lowest BCUT2D eigenvalue weighted by Crippen LogP contribution is -2.63. The molecule has 0 aromatic rings. The average Bonchev–Trinajstić information content (AvgIpc) is 3.96. The number of piperidine rings is 1. The predicted octanol–water partition coefficient (Wildman–Crippen LogP) is 5.76. The van der Waals surface area contributed by atoms with E-state index in [4.69, 9.17) is 0 Å². The Labute approximate surface area is 337 Å². The van der Waals surface area contributed by atoms with Gasteiger partial charge in [-0.1, -0.05) is 86.6 Å². The summed E-state index contributed by atoms with van der Waals surface area (Å²) in [5, 5.41) is 12.7. The van der Waals surface area contributed by atoms with Crippen LogP contribution in [0.4, 0.5) is 0 Å². The van der Waals surface area contributed by atoms with Crippen LogP contribution < -0.4 is 21.3 Å². The Bertz CT molecular complexity index is 1520. The molecule has 2 unspecified atom stereocenters. The summed E-state index contributed by atoms with van der Waals surface area (Å²) in [6.45, 7) is 22.2. The highest BCUT2D eigenvalue weighted by Gasteiger charge is 2.85. The molecule has 6 aliphatic rings. The van der Waals surface area contributed by atoms with Crippen LogP contribution in [0.15, 0.2) is 12.2 Å². The van der Waals surface area contributed by atoms with Crippen molar-refractivity contribution in [3.05, 3.63) is 12.2 Å². The second-order valence-corrected chi connectivity index (χ2v) is 20.5. The van der Waals surface area contributed by atoms with Gasteiger partial charge in [-0.25, -0.2) is 0 Å². The van der Waals surface area contributed by atoms with Crippen molar-refractivity contribution >= 4 is 29.5 Å². The molecule has 0 bridgehead atoms. The first-order valence-electron chi connectivity index (χ1n) is 22.4. The lowest BCUT2D eigenvalue weighted by atomic mass is 9.73. The van der Waals surface area contributed by atoms with Gasteiger partial charge >= 0.3 is 0 Å². The zero-order valence-corrected chi connectivity index (χ0v) is 36.0. The lowest BCUT2D eigenvalue weighted by molar-refractivity contribution is -0.145. The van der Waals surface area contributed by atoms with E-state index in [1.54, 1.807) is 4.90 Å². The van der Waals surface area contributed by atoms with Crippen molar-refractivity contribution in [2.75, 3.05) is 13.1 Å². The quantitative estimate of drug-likeness (QED) is 0.166. The molecule has 56 heavy (non-hydrogen) atoms. The number of likely N-dealkylation sites (tertiary alicyclic amines) is 2. The predicted molar refractivity (Wildman–Crippen MR) is 219 cm³/mol. The maximum atomic E-state index is 15.2. The minimum Gasteiger partial charge on any atom is -0.350 e. The fourth-order valence-corrected chi connectivity index (χ4v) is 11.6. The molecule has 6 fully saturated rings. The standard InChI is InChI=1S/C45H74N6O5/c1-10-17-32(29(4)37(52)46-31-21-22-31)47-39(54)34-26-45(43(8,9)44(45)23-16-24-44)27-51(34)41(56)36(42(5,6)7)49-40(55)35(30-18-12-11-13-19-30)48-38(53)33-20-14-15-25-50(33)28(2)3/h28,30-36H,4,10-27H2,1-3,5-9H3,(H,46,52)(H,47,54)(H,48,53)(H,49,55)/t32-,33?,34-,35?,36+,45+/m0/s1. The van der Waals surface area contributed by atoms with Crippen LogP contribution in [0.25, 0.3) is 0 Å². The first kappa shape index (κ1) is 42.7. The summed E-state index contributed by atoms with van der Waals surface area (Å²) in [4.78, 5) is 75.6. The Balaban J connectivity index is 1.26. The molecular formula is C45H74N6O5. The third-order valence-corrected chi connectivity index (χ3v) is 15.5. The SMILES string of the molecule is C=C(C(=O)NC1CC1)[C@H](CCC)NC(=O)[C@@H]1C[C@@]2(CN1C(=O)[C@@H](NC(=O)C(NC(=O)C1CCCCN1C(C)C)C1CCCCC1)C(C)(C)C)C(C)(C)C21CCC1. The van der Waals surface area contributed by atoms with Crippen molar-refractivity contribution in [1.82, 2.24) is 31.1 Å². The zero-order valence-electron chi connectivity index (χ0n) is 36.0. The van der Waals surface area contributed by atoms with Crippen LogP contribution in [-0.4, -0.2) is 94.7 Å². The van der Waals surface area contributed by atoms with Crippen molar-refractivity contribution in [3.8, 4) is 0 Å². The highest BCUT2D eigenvalue weighted by Crippen LogP contribution is 2.88. The maximum absolute atomic E-state index is 15.2. The largest absolute Gasteiger partial charge is 0.350 e. The third-order valence-electron chi connectivity index (χ3n) is 15.5. The Morgan fingerprint density at radius 3 is 2.00 bits per heavy atom. The number of carbonyl (C=O) groups excluding carboxylic acids is 5. The van der Waals surface area contributed by atoms with Crippen LogP contribution >= 0.6 is 0 Å². The number of hydrogen-bond acceptors (Lipinski definition) is 6. The van der Waals surface area contributed by atoms with Crippen molar-refractivity contribution in [3.63, 3.8) is 0 Å². The molecule has 2 heterocycles. The number of nitrogens with zero attached hydrogens (tertiary/aromatic N) is 2. The summed E-state index contributed by atoms with van der Waals surface area (Å²) in [5.41, 5.74) is -0.494. The van der Waals surface area contributed by atoms with E-state index in [-0.39, 0.29) is 69.8 Å². The number of hydrogen-bond donors (Lipinski definition) is 4. The fraction of sp³-hybridized carbons (Fsp3) is 0.844. The molecule has 314 valence electrons. The summed E-state index contributed by atoms with van der Waals surface area (Å²) in [5.74, 6) is -1.18. The van der Waals surface area contributed by atoms with Crippen molar-refractivity contribution in [1.29, 1.82) is 0 Å². The van der Waals surface area contributed by atoms with Crippen LogP contribution in [0.3, 0.4) is 0 Å². The highest BCUT2D eigenvalue weighted by molar-refractivity contribution is 5.98. The van der Waals surface area contributed by atoms with Gasteiger partial charge < -0.3 is 26.2 Å². The molecule has 0 radical (unpaired) electrons. The van der Waals surface area contributed by atoms with Crippen LogP contribution in [0.2, 0.25) is 0 Å². The Kier molecular flexibility index (Phi) is 12.5. The van der Waals surface area contributed by atoms with Gasteiger partial charge in [-0.3, -0.25) is 28.9 Å². The van der Waals surface area contributed by atoms with Gasteiger partial charge in [-0.15, -0.1) is 0 Å². The maximum Gasteiger partial charge on any atom is 0.248 e. The topological polar surface area (TPSA) is 140 Å². The Morgan fingerprint density at radius 2 is 1.45 bits per heavy atom. The minimum atomic E-state index is -0.921. The summed E-state index contributed by atoms with van der Waals surface area (Å²) in [7, 11) is 0. The summed E-state index contributed by atoms with van der Waals surface area (Å²) in [6.07, 6.45) is 14.7. The summed E-state index contributed by atoms with van der Waals surface area (Å²) in [6, 6.07) is -2.85. The van der Waals surface area contributed by atoms with Gasteiger partial charge in [0.25, 0.3) is 0 Å². The third kappa shape index (κ3) is 7.92. The molecular weight excluding hydrogens is 705 g/mol. The van der Waals surface area contributed by atoms with Gasteiger partial charge in [-0.2, -0.15) is 0 Å². The highest BCUT2D eigenvalue weighted by atomic mass is 16.2. The molecule has 11 nitrogen and oxygen atoms in total. The van der Waals surface area contributed by atoms with Gasteiger partial charge in [-0.05, 0) is 107 Å². The van der Waals surface area contributed by atoms with Crippen molar-refractivity contribution in [2.24, 2.45) is 27.6 Å². The number of rotatable bonds is 14. The van der Waals surface area contributed by atoms with E-state index in [0.29, 0.717) is 25.0 Å². The van der Waals surface area contributed by atoms with Gasteiger partial charge in [0.05, 0.1) is 12.1 Å². The smallest absolute Gasteiger partial charge is 0.248 e. The van der Waals surface area contributed by atoms with Crippen molar-refractivity contribution in [2.45, 2.75) is 200 Å². The molecule has 5 amide bonds. The molecule has 2 saturated heterocycles. The lowest BCUT2D eigenvalue weighted by Gasteiger charge is -2.40. The minimum absolute atomic E-state index is 0.0143. The van der Waals surface area contributed by atoms with Crippen molar-refractivity contribution < 1.29 is 24.0 Å². The number of fused-ring (bicyclic) bond motifs is 1. The fourth-order valence-electron chi connectivity index (χ4n) is 11.6. The molecule has 2 aliphatic heterocycles. The van der Waals surface area contributed by atoms with E-state index in [0.717, 1.165) is 96.4 Å².